The Hall–Kier alpha value is -3.61. The summed E-state index contributed by atoms with van der Waals surface area (Å²) < 4.78 is 1.87. The fraction of sp³-hybridized carbons (Fsp3) is 0.346. The van der Waals surface area contributed by atoms with Crippen LogP contribution in [-0.4, -0.2) is 53.2 Å². The van der Waals surface area contributed by atoms with Crippen molar-refractivity contribution in [2.45, 2.75) is 31.7 Å². The molecule has 1 unspecified atom stereocenters. The second-order valence-corrected chi connectivity index (χ2v) is 8.66. The van der Waals surface area contributed by atoms with Crippen LogP contribution in [0.3, 0.4) is 0 Å². The first kappa shape index (κ1) is 21.2. The van der Waals surface area contributed by atoms with Gasteiger partial charge >= 0.3 is 0 Å². The van der Waals surface area contributed by atoms with Crippen molar-refractivity contribution in [1.82, 2.24) is 20.0 Å². The molecule has 1 amide bonds. The van der Waals surface area contributed by atoms with Crippen LogP contribution in [0, 0.1) is 0 Å². The maximum Gasteiger partial charge on any atom is 0.222 e. The third-order valence-electron chi connectivity index (χ3n) is 6.59. The van der Waals surface area contributed by atoms with E-state index in [-0.39, 0.29) is 0 Å². The van der Waals surface area contributed by atoms with Crippen LogP contribution in [0.1, 0.15) is 36.3 Å². The summed E-state index contributed by atoms with van der Waals surface area (Å²) in [5, 5.41) is 7.87. The number of para-hydroxylation sites is 1. The summed E-state index contributed by atoms with van der Waals surface area (Å²) in [6.45, 7) is 3.28. The van der Waals surface area contributed by atoms with Gasteiger partial charge in [-0.2, -0.15) is 5.10 Å². The average Bonchev–Trinajstić information content (AvgIpc) is 3.60. The zero-order chi connectivity index (χ0) is 22.6. The Morgan fingerprint density at radius 3 is 2.88 bits per heavy atom. The number of aliphatic imine (C=N–C) groups is 1. The molecule has 1 fully saturated rings. The normalized spacial score (nSPS) is 18.2. The highest BCUT2D eigenvalue weighted by Gasteiger charge is 2.32. The number of rotatable bonds is 6. The molecule has 7 heteroatoms. The minimum absolute atomic E-state index is 0.299. The minimum atomic E-state index is 0.299. The molecule has 0 bridgehead atoms. The first-order chi connectivity index (χ1) is 16.2. The van der Waals surface area contributed by atoms with Crippen LogP contribution in [0.15, 0.2) is 72.0 Å². The molecular formula is C26H30N6O. The number of hydrogen-bond donors (Lipinski definition) is 1. The number of nitrogens with zero attached hydrogens (tertiary/aromatic N) is 5. The van der Waals surface area contributed by atoms with Gasteiger partial charge in [0.25, 0.3) is 0 Å². The van der Waals surface area contributed by atoms with E-state index in [9.17, 15) is 4.79 Å². The molecule has 1 aromatic heterocycles. The van der Waals surface area contributed by atoms with Crippen molar-refractivity contribution >= 4 is 17.6 Å². The van der Waals surface area contributed by atoms with Crippen molar-refractivity contribution < 1.29 is 4.79 Å². The van der Waals surface area contributed by atoms with Crippen LogP contribution < -0.4 is 10.2 Å². The molecule has 1 saturated heterocycles. The van der Waals surface area contributed by atoms with E-state index in [1.807, 2.05) is 28.9 Å². The number of guanidine groups is 1. The van der Waals surface area contributed by atoms with Gasteiger partial charge in [0.1, 0.15) is 0 Å². The Kier molecular flexibility index (Phi) is 6.11. The smallest absolute Gasteiger partial charge is 0.222 e. The molecule has 3 heterocycles. The second-order valence-electron chi connectivity index (χ2n) is 8.66. The first-order valence-corrected chi connectivity index (χ1v) is 11.7. The van der Waals surface area contributed by atoms with Crippen LogP contribution in [0.2, 0.25) is 0 Å². The third-order valence-corrected chi connectivity index (χ3v) is 6.59. The number of anilines is 1. The zero-order valence-corrected chi connectivity index (χ0v) is 19.0. The lowest BCUT2D eigenvalue weighted by Gasteiger charge is -2.23. The van der Waals surface area contributed by atoms with Gasteiger partial charge in [-0.3, -0.25) is 9.79 Å². The van der Waals surface area contributed by atoms with Gasteiger partial charge in [-0.05, 0) is 48.2 Å². The van der Waals surface area contributed by atoms with Gasteiger partial charge in [0.15, 0.2) is 5.96 Å². The molecule has 2 aromatic carbocycles. The van der Waals surface area contributed by atoms with Gasteiger partial charge in [0, 0.05) is 63.6 Å². The Morgan fingerprint density at radius 1 is 1.18 bits per heavy atom. The highest BCUT2D eigenvalue weighted by molar-refractivity contribution is 5.98. The van der Waals surface area contributed by atoms with Crippen molar-refractivity contribution in [3.63, 3.8) is 0 Å². The quantitative estimate of drug-likeness (QED) is 0.468. The highest BCUT2D eigenvalue weighted by Crippen LogP contribution is 2.38. The molecule has 1 atom stereocenters. The zero-order valence-electron chi connectivity index (χ0n) is 19.0. The number of benzene rings is 2. The molecule has 0 aliphatic carbocycles. The number of amides is 1. The lowest BCUT2D eigenvalue weighted by molar-refractivity contribution is -0.127. The molecule has 0 spiro atoms. The fourth-order valence-electron chi connectivity index (χ4n) is 4.90. The Balaban J connectivity index is 1.27. The van der Waals surface area contributed by atoms with Gasteiger partial charge in [-0.1, -0.05) is 30.3 Å². The van der Waals surface area contributed by atoms with Crippen LogP contribution in [0.5, 0.6) is 0 Å². The molecule has 5 rings (SSSR count). The molecule has 1 N–H and O–H groups in total. The Morgan fingerprint density at radius 2 is 2.09 bits per heavy atom. The summed E-state index contributed by atoms with van der Waals surface area (Å²) >= 11 is 0. The predicted octanol–water partition coefficient (Wildman–Crippen LogP) is 3.56. The molecule has 3 aromatic rings. The van der Waals surface area contributed by atoms with Gasteiger partial charge in [-0.25, -0.2) is 4.68 Å². The maximum atomic E-state index is 12.0. The Labute approximate surface area is 194 Å². The number of likely N-dealkylation sites (tertiary alicyclic amines) is 1. The fourth-order valence-corrected chi connectivity index (χ4v) is 4.90. The van der Waals surface area contributed by atoms with Gasteiger partial charge < -0.3 is 15.1 Å². The summed E-state index contributed by atoms with van der Waals surface area (Å²) in [6.07, 6.45) is 6.40. The van der Waals surface area contributed by atoms with Crippen LogP contribution in [-0.2, 0) is 11.3 Å². The predicted molar refractivity (Wildman–Crippen MR) is 131 cm³/mol. The second kappa shape index (κ2) is 9.48. The third kappa shape index (κ3) is 4.49. The summed E-state index contributed by atoms with van der Waals surface area (Å²) in [5.74, 6) is 1.55. The number of nitrogens with one attached hydrogen (secondary N) is 1. The van der Waals surface area contributed by atoms with Crippen LogP contribution >= 0.6 is 0 Å². The minimum Gasteiger partial charge on any atom is -0.352 e. The monoisotopic (exact) mass is 442 g/mol. The van der Waals surface area contributed by atoms with E-state index in [0.29, 0.717) is 24.8 Å². The summed E-state index contributed by atoms with van der Waals surface area (Å²) in [4.78, 5) is 20.9. The van der Waals surface area contributed by atoms with Gasteiger partial charge in [0.2, 0.25) is 5.91 Å². The summed E-state index contributed by atoms with van der Waals surface area (Å²) in [5.41, 5.74) is 4.75. The van der Waals surface area contributed by atoms with E-state index in [0.717, 1.165) is 44.1 Å². The molecule has 0 radical (unpaired) electrons. The first-order valence-electron chi connectivity index (χ1n) is 11.7. The summed E-state index contributed by atoms with van der Waals surface area (Å²) in [6, 6.07) is 18.9. The van der Waals surface area contributed by atoms with E-state index in [2.05, 4.69) is 68.8 Å². The molecule has 2 aliphatic heterocycles. The average molecular weight is 443 g/mol. The van der Waals surface area contributed by atoms with Crippen molar-refractivity contribution in [3.8, 4) is 5.69 Å². The van der Waals surface area contributed by atoms with Gasteiger partial charge in [0.05, 0.1) is 5.69 Å². The van der Waals surface area contributed by atoms with E-state index >= 15 is 0 Å². The number of carbonyl (C=O) groups is 1. The number of fused-ring (bicyclic) bond motifs is 1. The molecule has 0 saturated carbocycles. The lowest BCUT2D eigenvalue weighted by Crippen LogP contribution is -2.40. The number of carbonyl (C=O) groups excluding carboxylic acids is 1. The molecule has 170 valence electrons. The Bertz CT molecular complexity index is 1140. The number of hydrogen-bond acceptors (Lipinski definition) is 3. The molecule has 33 heavy (non-hydrogen) atoms. The van der Waals surface area contributed by atoms with Crippen molar-refractivity contribution in [2.24, 2.45) is 4.99 Å². The molecule has 2 aliphatic rings. The number of aromatic nitrogens is 2. The van der Waals surface area contributed by atoms with E-state index < -0.39 is 0 Å². The lowest BCUT2D eigenvalue weighted by atomic mass is 9.98. The van der Waals surface area contributed by atoms with E-state index in [4.69, 9.17) is 0 Å². The maximum absolute atomic E-state index is 12.0. The van der Waals surface area contributed by atoms with Crippen molar-refractivity contribution in [1.29, 1.82) is 0 Å². The standard InChI is InChI=1S/C26H30N6O/c1-27-26(28-18-20-7-4-8-22(17-20)32-15-6-13-29-32)31-19-21(23-9-2-3-10-24(23)31)12-16-30-14-5-11-25(30)33/h2-4,6-10,13,15,17,21H,5,11-12,14,16,18-19H2,1H3,(H,27,28). The van der Waals surface area contributed by atoms with Crippen molar-refractivity contribution in [3.05, 3.63) is 78.1 Å². The SMILES string of the molecule is CN=C(NCc1cccc(-n2cccn2)c1)N1CC(CCN2CCCC2=O)c2ccccc21. The van der Waals surface area contributed by atoms with Crippen LogP contribution in [0.25, 0.3) is 5.69 Å². The van der Waals surface area contributed by atoms with Crippen molar-refractivity contribution in [2.75, 3.05) is 31.6 Å². The topological polar surface area (TPSA) is 65.8 Å². The van der Waals surface area contributed by atoms with Gasteiger partial charge in [-0.15, -0.1) is 0 Å². The highest BCUT2D eigenvalue weighted by atomic mass is 16.2. The van der Waals surface area contributed by atoms with E-state index in [1.54, 1.807) is 6.20 Å². The summed E-state index contributed by atoms with van der Waals surface area (Å²) in [7, 11) is 1.83. The largest absolute Gasteiger partial charge is 0.352 e. The molecule has 7 nitrogen and oxygen atoms in total. The van der Waals surface area contributed by atoms with Crippen LogP contribution in [0.4, 0.5) is 5.69 Å². The van der Waals surface area contributed by atoms with E-state index in [1.165, 1.54) is 16.8 Å². The molecular weight excluding hydrogens is 412 g/mol.